The Labute approximate surface area is 242 Å². The average molecular weight is 574 g/mol. The Bertz CT molecular complexity index is 1410. The van der Waals surface area contributed by atoms with E-state index in [1.54, 1.807) is 18.3 Å². The van der Waals surface area contributed by atoms with Crippen molar-refractivity contribution in [3.8, 4) is 0 Å². The molecular weight excluding hydrogens is 534 g/mol. The van der Waals surface area contributed by atoms with Crippen LogP contribution in [0, 0.1) is 0 Å². The zero-order valence-electron chi connectivity index (χ0n) is 24.0. The molecule has 2 saturated heterocycles. The lowest BCUT2D eigenvalue weighted by molar-refractivity contribution is -0.229. The van der Waals surface area contributed by atoms with Crippen LogP contribution in [-0.4, -0.2) is 48.1 Å². The van der Waals surface area contributed by atoms with Gasteiger partial charge < -0.3 is 24.4 Å². The van der Waals surface area contributed by atoms with E-state index in [9.17, 15) is 4.79 Å². The van der Waals surface area contributed by atoms with E-state index >= 15 is 0 Å². The summed E-state index contributed by atoms with van der Waals surface area (Å²) in [7, 11) is -2.91. The molecule has 1 saturated carbocycles. The summed E-state index contributed by atoms with van der Waals surface area (Å²) < 4.78 is 29.0. The molecule has 2 N–H and O–H groups in total. The Balaban J connectivity index is 1.44. The SMILES string of the molecule is C=C[C@]1(CO[Si](c2ccccc2)(c2ccccc2)C(C)(C)C)O[C@@H](n2ccc(N)nc2=O)[C@@H]2OC3(CCCC3)O[C@@H]21. The molecule has 3 aliphatic rings. The van der Waals surface area contributed by atoms with Crippen molar-refractivity contribution in [2.24, 2.45) is 0 Å². The lowest BCUT2D eigenvalue weighted by Crippen LogP contribution is -2.68. The van der Waals surface area contributed by atoms with Crippen molar-refractivity contribution in [3.05, 3.63) is 96.1 Å². The van der Waals surface area contributed by atoms with Gasteiger partial charge in [0, 0.05) is 19.0 Å². The van der Waals surface area contributed by atoms with Crippen LogP contribution in [0.5, 0.6) is 0 Å². The van der Waals surface area contributed by atoms with Crippen LogP contribution >= 0.6 is 0 Å². The van der Waals surface area contributed by atoms with Crippen molar-refractivity contribution in [1.82, 2.24) is 9.55 Å². The Morgan fingerprint density at radius 2 is 1.63 bits per heavy atom. The second-order valence-corrected chi connectivity index (χ2v) is 16.7. The Morgan fingerprint density at radius 1 is 1.02 bits per heavy atom. The van der Waals surface area contributed by atoms with Crippen LogP contribution in [0.15, 0.2) is 90.4 Å². The molecule has 3 fully saturated rings. The smallest absolute Gasteiger partial charge is 0.351 e. The number of anilines is 1. The average Bonchev–Trinajstić information content (AvgIpc) is 3.65. The maximum absolute atomic E-state index is 13.0. The van der Waals surface area contributed by atoms with Gasteiger partial charge >= 0.3 is 5.69 Å². The summed E-state index contributed by atoms with van der Waals surface area (Å²) in [5.41, 5.74) is 4.22. The van der Waals surface area contributed by atoms with Crippen molar-refractivity contribution in [1.29, 1.82) is 0 Å². The lowest BCUT2D eigenvalue weighted by atomic mass is 9.96. The molecule has 6 rings (SSSR count). The molecule has 1 spiro atoms. The predicted molar refractivity (Wildman–Crippen MR) is 160 cm³/mol. The van der Waals surface area contributed by atoms with E-state index < -0.39 is 43.8 Å². The maximum Gasteiger partial charge on any atom is 0.351 e. The summed E-state index contributed by atoms with van der Waals surface area (Å²) in [5.74, 6) is -0.546. The van der Waals surface area contributed by atoms with E-state index in [-0.39, 0.29) is 17.5 Å². The van der Waals surface area contributed by atoms with E-state index in [1.807, 2.05) is 12.1 Å². The second-order valence-electron chi connectivity index (χ2n) is 12.4. The molecule has 1 aliphatic carbocycles. The quantitative estimate of drug-likeness (QED) is 0.338. The highest BCUT2D eigenvalue weighted by atomic mass is 28.4. The molecule has 1 aromatic heterocycles. The highest BCUT2D eigenvalue weighted by molar-refractivity contribution is 6.99. The first-order chi connectivity index (χ1) is 19.6. The Kier molecular flexibility index (Phi) is 7.06. The van der Waals surface area contributed by atoms with Gasteiger partial charge in [0.15, 0.2) is 12.0 Å². The van der Waals surface area contributed by atoms with Crippen LogP contribution in [0.25, 0.3) is 0 Å². The third kappa shape index (κ3) is 4.60. The van der Waals surface area contributed by atoms with Gasteiger partial charge in [-0.1, -0.05) is 87.5 Å². The molecule has 0 unspecified atom stereocenters. The standard InChI is InChI=1S/C32H39N3O5Si/c1-5-31(22-37-41(30(2,3)4,23-14-8-6-9-15-23)24-16-10-7-11-17-24)27-26(38-32(39-27)19-12-13-20-32)28(40-31)35-21-18-25(33)34-29(35)36/h5-11,14-18,21,26-28H,1,12-13,19-20,22H2,2-4H3,(H2,33,34,36)/t26-,27+,28-,31-/m1/s1. The third-order valence-corrected chi connectivity index (χ3v) is 13.8. The summed E-state index contributed by atoms with van der Waals surface area (Å²) in [6, 6.07) is 22.5. The van der Waals surface area contributed by atoms with Gasteiger partial charge in [-0.25, -0.2) is 4.79 Å². The summed E-state index contributed by atoms with van der Waals surface area (Å²) in [4.78, 5) is 16.9. The molecule has 41 heavy (non-hydrogen) atoms. The van der Waals surface area contributed by atoms with E-state index in [2.05, 4.69) is 80.9 Å². The zero-order chi connectivity index (χ0) is 28.9. The minimum atomic E-state index is -2.91. The normalized spacial score (nSPS) is 27.2. The fourth-order valence-corrected chi connectivity index (χ4v) is 11.5. The molecule has 3 aromatic rings. The van der Waals surface area contributed by atoms with Gasteiger partial charge in [-0.15, -0.1) is 6.58 Å². The molecular formula is C32H39N3O5Si. The predicted octanol–water partition coefficient (Wildman–Crippen LogP) is 3.91. The highest BCUT2D eigenvalue weighted by Crippen LogP contribution is 2.53. The van der Waals surface area contributed by atoms with Crippen LogP contribution in [0.1, 0.15) is 52.7 Å². The number of aromatic nitrogens is 2. The molecule has 2 aromatic carbocycles. The minimum Gasteiger partial charge on any atom is -0.404 e. The van der Waals surface area contributed by atoms with Gasteiger partial charge in [-0.2, -0.15) is 4.98 Å². The van der Waals surface area contributed by atoms with E-state index in [0.29, 0.717) is 0 Å². The van der Waals surface area contributed by atoms with E-state index in [1.165, 1.54) is 14.9 Å². The fraction of sp³-hybridized carbons (Fsp3) is 0.438. The van der Waals surface area contributed by atoms with Crippen molar-refractivity contribution in [2.45, 2.75) is 81.3 Å². The monoisotopic (exact) mass is 573 g/mol. The summed E-state index contributed by atoms with van der Waals surface area (Å²) in [6.07, 6.45) is 5.17. The van der Waals surface area contributed by atoms with Crippen LogP contribution < -0.4 is 21.8 Å². The first-order valence-electron chi connectivity index (χ1n) is 14.4. The van der Waals surface area contributed by atoms with Gasteiger partial charge in [-0.3, -0.25) is 4.57 Å². The summed E-state index contributed by atoms with van der Waals surface area (Å²) in [5, 5.41) is 2.10. The van der Waals surface area contributed by atoms with E-state index in [4.69, 9.17) is 24.4 Å². The van der Waals surface area contributed by atoms with Crippen LogP contribution in [0.4, 0.5) is 5.82 Å². The fourth-order valence-electron chi connectivity index (χ4n) is 6.89. The largest absolute Gasteiger partial charge is 0.404 e. The molecule has 0 amide bonds. The van der Waals surface area contributed by atoms with Crippen LogP contribution in [0.2, 0.25) is 5.04 Å². The second kappa shape index (κ2) is 10.3. The lowest BCUT2D eigenvalue weighted by Gasteiger charge is -2.45. The minimum absolute atomic E-state index is 0.154. The van der Waals surface area contributed by atoms with Gasteiger partial charge in [0.05, 0.1) is 6.61 Å². The highest BCUT2D eigenvalue weighted by Gasteiger charge is 2.66. The third-order valence-electron chi connectivity index (χ3n) is 8.86. The van der Waals surface area contributed by atoms with Crippen molar-refractivity contribution in [2.75, 3.05) is 12.3 Å². The van der Waals surface area contributed by atoms with Gasteiger partial charge in [0.2, 0.25) is 0 Å². The summed E-state index contributed by atoms with van der Waals surface area (Å²) in [6.45, 7) is 11.1. The molecule has 3 heterocycles. The number of hydrogen-bond donors (Lipinski definition) is 1. The Hall–Kier alpha value is -3.08. The summed E-state index contributed by atoms with van der Waals surface area (Å²) >= 11 is 0. The van der Waals surface area contributed by atoms with Crippen molar-refractivity contribution < 1.29 is 18.6 Å². The van der Waals surface area contributed by atoms with Gasteiger partial charge in [0.25, 0.3) is 8.32 Å². The molecule has 216 valence electrons. The maximum atomic E-state index is 13.0. The number of nitrogens with zero attached hydrogens (tertiary/aromatic N) is 2. The van der Waals surface area contributed by atoms with Crippen molar-refractivity contribution in [3.63, 3.8) is 0 Å². The first-order valence-corrected chi connectivity index (χ1v) is 16.3. The number of nitrogens with two attached hydrogens (primary N) is 1. The molecule has 0 radical (unpaired) electrons. The van der Waals surface area contributed by atoms with Crippen LogP contribution in [-0.2, 0) is 18.6 Å². The molecule has 2 aliphatic heterocycles. The number of ether oxygens (including phenoxy) is 3. The first kappa shape index (κ1) is 28.1. The molecule has 0 bridgehead atoms. The number of benzene rings is 2. The van der Waals surface area contributed by atoms with Gasteiger partial charge in [0.1, 0.15) is 23.6 Å². The van der Waals surface area contributed by atoms with Gasteiger partial charge in [-0.05, 0) is 34.3 Å². The van der Waals surface area contributed by atoms with Crippen LogP contribution in [0.3, 0.4) is 0 Å². The molecule has 8 nitrogen and oxygen atoms in total. The molecule has 9 heteroatoms. The number of fused-ring (bicyclic) bond motifs is 1. The number of nitrogen functional groups attached to an aromatic ring is 1. The van der Waals surface area contributed by atoms with E-state index in [0.717, 1.165) is 25.7 Å². The van der Waals surface area contributed by atoms with Crippen molar-refractivity contribution >= 4 is 24.5 Å². The molecule has 4 atom stereocenters. The topological polar surface area (TPSA) is 97.8 Å². The zero-order valence-corrected chi connectivity index (χ0v) is 25.0. The number of hydrogen-bond acceptors (Lipinski definition) is 7. The number of rotatable bonds is 7. The Morgan fingerprint density at radius 3 is 2.17 bits per heavy atom.